The average Bonchev–Trinajstić information content (AvgIpc) is 2.46. The van der Waals surface area contributed by atoms with E-state index in [0.29, 0.717) is 16.7 Å². The molecule has 3 aromatic rings. The molecule has 0 fully saturated rings. The van der Waals surface area contributed by atoms with Gasteiger partial charge in [0.1, 0.15) is 5.82 Å². The number of nitrogens with zero attached hydrogens (tertiary/aromatic N) is 2. The van der Waals surface area contributed by atoms with Gasteiger partial charge in [0.25, 0.3) is 11.1 Å². The lowest BCUT2D eigenvalue weighted by atomic mass is 10.2. The molecule has 0 saturated heterocycles. The molecule has 21 heavy (non-hydrogen) atoms. The minimum atomic E-state index is -0.665. The smallest absolute Gasteiger partial charge is 0.309 e. The standard InChI is InChI=1S/C12H9N5O3S/c18-9-6-3-1-2-4-7(6)13-8(14-9)5-21-11-10(19)15-12(20)17-16-11/h1-4H,5H2,(H,13,14,18)(H2,15,17,19,20). The highest BCUT2D eigenvalue weighted by atomic mass is 32.2. The van der Waals surface area contributed by atoms with Crippen molar-refractivity contribution < 1.29 is 0 Å². The zero-order chi connectivity index (χ0) is 14.8. The van der Waals surface area contributed by atoms with Crippen LogP contribution in [0.1, 0.15) is 5.82 Å². The molecule has 0 bridgehead atoms. The number of benzene rings is 1. The molecule has 3 rings (SSSR count). The van der Waals surface area contributed by atoms with Crippen LogP contribution >= 0.6 is 11.8 Å². The zero-order valence-corrected chi connectivity index (χ0v) is 11.4. The molecular formula is C12H9N5O3S. The first kappa shape index (κ1) is 13.3. The molecule has 0 atom stereocenters. The van der Waals surface area contributed by atoms with Gasteiger partial charge in [0, 0.05) is 0 Å². The van der Waals surface area contributed by atoms with Gasteiger partial charge in [-0.05, 0) is 12.1 Å². The Morgan fingerprint density at radius 1 is 1.05 bits per heavy atom. The van der Waals surface area contributed by atoms with Gasteiger partial charge in [-0.3, -0.25) is 14.6 Å². The van der Waals surface area contributed by atoms with E-state index in [4.69, 9.17) is 0 Å². The van der Waals surface area contributed by atoms with Gasteiger partial charge < -0.3 is 4.98 Å². The van der Waals surface area contributed by atoms with E-state index in [-0.39, 0.29) is 16.3 Å². The first-order valence-corrected chi connectivity index (χ1v) is 6.92. The molecule has 8 nitrogen and oxygen atoms in total. The lowest BCUT2D eigenvalue weighted by molar-refractivity contribution is 0.806. The van der Waals surface area contributed by atoms with Gasteiger partial charge in [0.2, 0.25) is 0 Å². The highest BCUT2D eigenvalue weighted by molar-refractivity contribution is 7.98. The maximum Gasteiger partial charge on any atom is 0.342 e. The van der Waals surface area contributed by atoms with E-state index >= 15 is 0 Å². The van der Waals surface area contributed by atoms with Crippen LogP contribution in [0.4, 0.5) is 0 Å². The van der Waals surface area contributed by atoms with E-state index in [1.807, 2.05) is 0 Å². The number of thioether (sulfide) groups is 1. The molecule has 2 heterocycles. The van der Waals surface area contributed by atoms with E-state index < -0.39 is 11.2 Å². The SMILES string of the molecule is O=c1[nH]nc(SCc2nc3ccccc3c(=O)[nH]2)c(=O)[nH]1. The van der Waals surface area contributed by atoms with Gasteiger partial charge in [-0.1, -0.05) is 23.9 Å². The highest BCUT2D eigenvalue weighted by Crippen LogP contribution is 2.15. The summed E-state index contributed by atoms with van der Waals surface area (Å²) < 4.78 is 0. The van der Waals surface area contributed by atoms with Crippen LogP contribution in [0.25, 0.3) is 10.9 Å². The fourth-order valence-corrected chi connectivity index (χ4v) is 2.48. The molecule has 0 saturated carbocycles. The number of hydrogen-bond donors (Lipinski definition) is 3. The molecule has 3 N–H and O–H groups in total. The second-order valence-corrected chi connectivity index (χ2v) is 5.09. The Morgan fingerprint density at radius 2 is 1.86 bits per heavy atom. The minimum Gasteiger partial charge on any atom is -0.309 e. The molecular weight excluding hydrogens is 294 g/mol. The summed E-state index contributed by atoms with van der Waals surface area (Å²) >= 11 is 1.07. The highest BCUT2D eigenvalue weighted by Gasteiger charge is 2.07. The van der Waals surface area contributed by atoms with E-state index in [1.165, 1.54) is 0 Å². The zero-order valence-electron chi connectivity index (χ0n) is 10.5. The van der Waals surface area contributed by atoms with Crippen LogP contribution in [0, 0.1) is 0 Å². The van der Waals surface area contributed by atoms with Crippen LogP contribution < -0.4 is 16.8 Å². The lowest BCUT2D eigenvalue weighted by Crippen LogP contribution is -2.25. The molecule has 0 aliphatic heterocycles. The Kier molecular flexibility index (Phi) is 3.40. The van der Waals surface area contributed by atoms with Crippen molar-refractivity contribution in [3.8, 4) is 0 Å². The van der Waals surface area contributed by atoms with Crippen molar-refractivity contribution in [2.45, 2.75) is 10.8 Å². The number of fused-ring (bicyclic) bond motifs is 1. The van der Waals surface area contributed by atoms with Crippen LogP contribution in [0.5, 0.6) is 0 Å². The van der Waals surface area contributed by atoms with Crippen molar-refractivity contribution in [2.24, 2.45) is 0 Å². The topological polar surface area (TPSA) is 124 Å². The Hall–Kier alpha value is -2.68. The third-order valence-corrected chi connectivity index (χ3v) is 3.66. The molecule has 2 aromatic heterocycles. The van der Waals surface area contributed by atoms with Crippen molar-refractivity contribution >= 4 is 22.7 Å². The lowest BCUT2D eigenvalue weighted by Gasteiger charge is -2.02. The Balaban J connectivity index is 1.90. The van der Waals surface area contributed by atoms with Crippen molar-refractivity contribution in [1.29, 1.82) is 0 Å². The first-order valence-electron chi connectivity index (χ1n) is 5.93. The summed E-state index contributed by atoms with van der Waals surface area (Å²) in [6, 6.07) is 6.98. The molecule has 0 unspecified atom stereocenters. The molecule has 0 amide bonds. The summed E-state index contributed by atoms with van der Waals surface area (Å²) in [6.45, 7) is 0. The maximum absolute atomic E-state index is 11.9. The summed E-state index contributed by atoms with van der Waals surface area (Å²) in [5.41, 5.74) is -0.895. The van der Waals surface area contributed by atoms with Gasteiger partial charge >= 0.3 is 5.69 Å². The fraction of sp³-hybridized carbons (Fsp3) is 0.0833. The molecule has 0 aliphatic rings. The second kappa shape index (κ2) is 5.37. The molecule has 106 valence electrons. The van der Waals surface area contributed by atoms with Crippen molar-refractivity contribution in [2.75, 3.05) is 0 Å². The number of nitrogens with one attached hydrogen (secondary N) is 3. The Morgan fingerprint density at radius 3 is 2.67 bits per heavy atom. The van der Waals surface area contributed by atoms with Gasteiger partial charge in [0.05, 0.1) is 16.7 Å². The predicted octanol–water partition coefficient (Wildman–Crippen LogP) is -0.0130. The van der Waals surface area contributed by atoms with E-state index in [2.05, 4.69) is 25.1 Å². The molecule has 0 radical (unpaired) electrons. The molecule has 9 heteroatoms. The number of aromatic amines is 3. The molecule has 0 spiro atoms. The maximum atomic E-state index is 11.9. The Labute approximate surface area is 120 Å². The van der Waals surface area contributed by atoms with Crippen LogP contribution in [0.3, 0.4) is 0 Å². The largest absolute Gasteiger partial charge is 0.342 e. The number of para-hydroxylation sites is 1. The van der Waals surface area contributed by atoms with Crippen molar-refractivity contribution in [1.82, 2.24) is 25.1 Å². The van der Waals surface area contributed by atoms with Crippen molar-refractivity contribution in [3.05, 3.63) is 61.3 Å². The van der Waals surface area contributed by atoms with Crippen LogP contribution in [-0.4, -0.2) is 25.1 Å². The van der Waals surface area contributed by atoms with E-state index in [1.54, 1.807) is 24.3 Å². The molecule has 0 aliphatic carbocycles. The predicted molar refractivity (Wildman–Crippen MR) is 77.4 cm³/mol. The number of rotatable bonds is 3. The summed E-state index contributed by atoms with van der Waals surface area (Å²) in [5, 5.41) is 6.39. The monoisotopic (exact) mass is 303 g/mol. The number of H-pyrrole nitrogens is 3. The third-order valence-electron chi connectivity index (χ3n) is 2.69. The molecule has 1 aromatic carbocycles. The average molecular weight is 303 g/mol. The van der Waals surface area contributed by atoms with E-state index in [0.717, 1.165) is 11.8 Å². The number of hydrogen-bond acceptors (Lipinski definition) is 6. The minimum absolute atomic E-state index is 0.102. The van der Waals surface area contributed by atoms with E-state index in [9.17, 15) is 14.4 Å². The summed E-state index contributed by atoms with van der Waals surface area (Å²) in [7, 11) is 0. The second-order valence-electron chi connectivity index (χ2n) is 4.13. The first-order chi connectivity index (χ1) is 10.1. The number of aromatic nitrogens is 5. The van der Waals surface area contributed by atoms with Crippen molar-refractivity contribution in [3.63, 3.8) is 0 Å². The quantitative estimate of drug-likeness (QED) is 0.584. The van der Waals surface area contributed by atoms with Gasteiger partial charge in [-0.25, -0.2) is 14.9 Å². The van der Waals surface area contributed by atoms with Crippen LogP contribution in [-0.2, 0) is 5.75 Å². The summed E-state index contributed by atoms with van der Waals surface area (Å²) in [4.78, 5) is 43.3. The summed E-state index contributed by atoms with van der Waals surface area (Å²) in [6.07, 6.45) is 0. The van der Waals surface area contributed by atoms with Gasteiger partial charge in [-0.15, -0.1) is 0 Å². The van der Waals surface area contributed by atoms with Gasteiger partial charge in [0.15, 0.2) is 5.03 Å². The van der Waals surface area contributed by atoms with Gasteiger partial charge in [-0.2, -0.15) is 5.10 Å². The Bertz CT molecular complexity index is 975. The summed E-state index contributed by atoms with van der Waals surface area (Å²) in [5.74, 6) is 0.679. The third kappa shape index (κ3) is 2.77. The normalized spacial score (nSPS) is 10.9. The van der Waals surface area contributed by atoms with Crippen LogP contribution in [0.2, 0.25) is 0 Å². The fourth-order valence-electron chi connectivity index (χ4n) is 1.77. The van der Waals surface area contributed by atoms with Crippen LogP contribution in [0.15, 0.2) is 43.7 Å².